The summed E-state index contributed by atoms with van der Waals surface area (Å²) in [7, 11) is 1.67. The molecule has 4 aromatic carbocycles. The van der Waals surface area contributed by atoms with E-state index in [0.29, 0.717) is 25.5 Å². The molecule has 45 heavy (non-hydrogen) atoms. The van der Waals surface area contributed by atoms with Gasteiger partial charge in [-0.25, -0.2) is 9.97 Å². The predicted molar refractivity (Wildman–Crippen MR) is 171 cm³/mol. The van der Waals surface area contributed by atoms with Crippen molar-refractivity contribution in [3.8, 4) is 22.6 Å². The first-order valence-electron chi connectivity index (χ1n) is 15.4. The van der Waals surface area contributed by atoms with Crippen LogP contribution in [-0.4, -0.2) is 48.3 Å². The van der Waals surface area contributed by atoms with E-state index in [-0.39, 0.29) is 24.2 Å². The molecule has 0 N–H and O–H groups in total. The zero-order chi connectivity index (χ0) is 30.4. The average molecular weight is 601 g/mol. The van der Waals surface area contributed by atoms with Gasteiger partial charge in [0.25, 0.3) is 0 Å². The van der Waals surface area contributed by atoms with Crippen LogP contribution in [0.2, 0.25) is 0 Å². The van der Waals surface area contributed by atoms with Crippen LogP contribution in [0, 0.1) is 5.92 Å². The number of nitrogens with zero attached hydrogens (tertiary/aromatic N) is 2. The molecule has 3 heterocycles. The van der Waals surface area contributed by atoms with Crippen LogP contribution in [-0.2, 0) is 36.7 Å². The van der Waals surface area contributed by atoms with Crippen molar-refractivity contribution in [3.63, 3.8) is 0 Å². The molecule has 7 rings (SSSR count). The normalized spacial score (nSPS) is 24.6. The highest BCUT2D eigenvalue weighted by Gasteiger charge is 2.51. The molecule has 0 aliphatic carbocycles. The van der Waals surface area contributed by atoms with E-state index in [4.69, 9.17) is 33.7 Å². The number of rotatable bonds is 9. The van der Waals surface area contributed by atoms with Gasteiger partial charge >= 0.3 is 0 Å². The van der Waals surface area contributed by atoms with Gasteiger partial charge in [-0.05, 0) is 11.6 Å². The summed E-state index contributed by atoms with van der Waals surface area (Å²) in [5.41, 5.74) is 5.75. The van der Waals surface area contributed by atoms with Gasteiger partial charge in [0, 0.05) is 41.8 Å². The first kappa shape index (κ1) is 29.5. The van der Waals surface area contributed by atoms with E-state index in [0.717, 1.165) is 33.6 Å². The van der Waals surface area contributed by atoms with Gasteiger partial charge < -0.3 is 23.7 Å². The molecule has 0 amide bonds. The Morgan fingerprint density at radius 1 is 0.733 bits per heavy atom. The van der Waals surface area contributed by atoms with E-state index in [1.165, 1.54) is 0 Å². The summed E-state index contributed by atoms with van der Waals surface area (Å²) in [6.45, 7) is 0.794. The molecule has 2 aliphatic rings. The summed E-state index contributed by atoms with van der Waals surface area (Å²) in [5.74, 6) is 0.445. The molecule has 0 bridgehead atoms. The standard InChI is InChI=1S/C38H36N2O5/c1-41-38-31(22-30-23-32(27-16-8-3-9-17-27)40-36(39-30)28-18-10-4-11-19-28)34(42-24-26-14-6-2-7-15-26)35-33(44-38)25-43-37(45-35)29-20-12-5-13-21-29/h2-21,23,31,33-35,37-38H,22,24-25H2,1H3/t31-,33+,34-,35+,37?,38-/m0/s1. The van der Waals surface area contributed by atoms with E-state index in [9.17, 15) is 0 Å². The van der Waals surface area contributed by atoms with Gasteiger partial charge in [0.2, 0.25) is 0 Å². The largest absolute Gasteiger partial charge is 0.370 e. The monoisotopic (exact) mass is 600 g/mol. The van der Waals surface area contributed by atoms with Crippen LogP contribution < -0.4 is 0 Å². The SMILES string of the molecule is CO[C@H]1O[C@@H]2COC(c3ccccc3)O[C@H]2[C@@H](OCc2ccccc2)[C@@H]1Cc1cc(-c2ccccc2)nc(-c2ccccc2)n1. The van der Waals surface area contributed by atoms with Crippen LogP contribution in [0.5, 0.6) is 0 Å². The maximum atomic E-state index is 6.79. The van der Waals surface area contributed by atoms with E-state index in [1.54, 1.807) is 7.11 Å². The first-order chi connectivity index (χ1) is 22.2. The van der Waals surface area contributed by atoms with Crippen molar-refractivity contribution in [2.24, 2.45) is 5.92 Å². The second-order valence-corrected chi connectivity index (χ2v) is 11.4. The molecule has 228 valence electrons. The maximum absolute atomic E-state index is 6.79. The lowest BCUT2D eigenvalue weighted by Crippen LogP contribution is -2.60. The van der Waals surface area contributed by atoms with Gasteiger partial charge in [-0.3, -0.25) is 0 Å². The van der Waals surface area contributed by atoms with E-state index < -0.39 is 12.6 Å². The Hall–Kier alpha value is -4.24. The third kappa shape index (κ3) is 6.73. The van der Waals surface area contributed by atoms with Crippen LogP contribution in [0.4, 0.5) is 0 Å². The van der Waals surface area contributed by atoms with Crippen molar-refractivity contribution in [2.75, 3.05) is 13.7 Å². The van der Waals surface area contributed by atoms with Gasteiger partial charge in [0.15, 0.2) is 18.4 Å². The second-order valence-electron chi connectivity index (χ2n) is 11.4. The molecule has 5 aromatic rings. The van der Waals surface area contributed by atoms with Gasteiger partial charge in [0.05, 0.1) is 25.0 Å². The zero-order valence-electron chi connectivity index (χ0n) is 25.1. The van der Waals surface area contributed by atoms with E-state index >= 15 is 0 Å². The number of benzene rings is 4. The van der Waals surface area contributed by atoms with Crippen molar-refractivity contribution in [1.29, 1.82) is 0 Å². The fourth-order valence-corrected chi connectivity index (χ4v) is 6.15. The molecular formula is C38H36N2O5. The molecule has 2 fully saturated rings. The molecule has 7 heteroatoms. The van der Waals surface area contributed by atoms with Gasteiger partial charge in [0.1, 0.15) is 12.2 Å². The Labute approximate surface area is 263 Å². The molecule has 7 nitrogen and oxygen atoms in total. The summed E-state index contributed by atoms with van der Waals surface area (Å²) in [5, 5.41) is 0. The third-order valence-corrected chi connectivity index (χ3v) is 8.38. The lowest BCUT2D eigenvalue weighted by atomic mass is 9.86. The Morgan fingerprint density at radius 2 is 1.38 bits per heavy atom. The quantitative estimate of drug-likeness (QED) is 0.180. The molecular weight excluding hydrogens is 564 g/mol. The van der Waals surface area contributed by atoms with Crippen LogP contribution in [0.3, 0.4) is 0 Å². The van der Waals surface area contributed by atoms with Crippen LogP contribution in [0.1, 0.15) is 23.1 Å². The lowest BCUT2D eigenvalue weighted by Gasteiger charge is -2.49. The first-order valence-corrected chi connectivity index (χ1v) is 15.4. The van der Waals surface area contributed by atoms with Crippen molar-refractivity contribution < 1.29 is 23.7 Å². The van der Waals surface area contributed by atoms with E-state index in [1.807, 2.05) is 97.1 Å². The molecule has 1 unspecified atom stereocenters. The highest BCUT2D eigenvalue weighted by atomic mass is 16.7. The highest BCUT2D eigenvalue weighted by Crippen LogP contribution is 2.40. The van der Waals surface area contributed by atoms with Crippen molar-refractivity contribution >= 4 is 0 Å². The number of hydrogen-bond acceptors (Lipinski definition) is 7. The molecule has 0 saturated carbocycles. The second kappa shape index (κ2) is 13.8. The molecule has 6 atom stereocenters. The fraction of sp³-hybridized carbons (Fsp3) is 0.263. The number of aromatic nitrogens is 2. The molecule has 1 aromatic heterocycles. The van der Waals surface area contributed by atoms with Gasteiger partial charge in [-0.2, -0.15) is 0 Å². The van der Waals surface area contributed by atoms with Crippen molar-refractivity contribution in [2.45, 2.75) is 43.9 Å². The van der Waals surface area contributed by atoms with Gasteiger partial charge in [-0.1, -0.05) is 121 Å². The molecule has 0 spiro atoms. The van der Waals surface area contributed by atoms with Crippen LogP contribution >= 0.6 is 0 Å². The smallest absolute Gasteiger partial charge is 0.184 e. The highest BCUT2D eigenvalue weighted by molar-refractivity contribution is 5.64. The fourth-order valence-electron chi connectivity index (χ4n) is 6.15. The minimum atomic E-state index is -0.553. The molecule has 0 radical (unpaired) electrons. The number of hydrogen-bond donors (Lipinski definition) is 0. The number of ether oxygens (including phenoxy) is 5. The zero-order valence-corrected chi connectivity index (χ0v) is 25.1. The van der Waals surface area contributed by atoms with Crippen LogP contribution in [0.15, 0.2) is 127 Å². The summed E-state index contributed by atoms with van der Waals surface area (Å²) < 4.78 is 32.1. The number of methoxy groups -OCH3 is 1. The Kier molecular flexibility index (Phi) is 9.05. The summed E-state index contributed by atoms with van der Waals surface area (Å²) >= 11 is 0. The maximum Gasteiger partial charge on any atom is 0.184 e. The number of fused-ring (bicyclic) bond motifs is 1. The topological polar surface area (TPSA) is 71.9 Å². The molecule has 2 saturated heterocycles. The van der Waals surface area contributed by atoms with Crippen molar-refractivity contribution in [1.82, 2.24) is 9.97 Å². The van der Waals surface area contributed by atoms with E-state index in [2.05, 4.69) is 30.3 Å². The summed E-state index contributed by atoms with van der Waals surface area (Å²) in [6.07, 6.45) is -1.64. The molecule has 2 aliphatic heterocycles. The Morgan fingerprint density at radius 3 is 2.07 bits per heavy atom. The minimum Gasteiger partial charge on any atom is -0.370 e. The Bertz CT molecular complexity index is 1600. The third-order valence-electron chi connectivity index (χ3n) is 8.38. The minimum absolute atomic E-state index is 0.225. The average Bonchev–Trinajstić information content (AvgIpc) is 3.12. The summed E-state index contributed by atoms with van der Waals surface area (Å²) in [4.78, 5) is 10.0. The predicted octanol–water partition coefficient (Wildman–Crippen LogP) is 7.04. The lowest BCUT2D eigenvalue weighted by molar-refractivity contribution is -0.356. The summed E-state index contributed by atoms with van der Waals surface area (Å²) in [6, 6.07) is 42.5. The van der Waals surface area contributed by atoms with Gasteiger partial charge in [-0.15, -0.1) is 0 Å². The van der Waals surface area contributed by atoms with Crippen LogP contribution in [0.25, 0.3) is 22.6 Å². The Balaban J connectivity index is 1.25. The van der Waals surface area contributed by atoms with Crippen molar-refractivity contribution in [3.05, 3.63) is 144 Å².